The highest BCUT2D eigenvalue weighted by atomic mass is 16.6. The van der Waals surface area contributed by atoms with Crippen LogP contribution in [0.4, 0.5) is 0 Å². The Morgan fingerprint density at radius 1 is 0.375 bits per heavy atom. The van der Waals surface area contributed by atoms with E-state index in [9.17, 15) is 0 Å². The number of rotatable bonds is 3. The van der Waals surface area contributed by atoms with Crippen LogP contribution in [0.1, 0.15) is 0 Å². The number of ether oxygens (including phenoxy) is 2. The van der Waals surface area contributed by atoms with Crippen LogP contribution in [0, 0.1) is 0 Å². The molecule has 0 aliphatic carbocycles. The zero-order chi connectivity index (χ0) is 26.5. The summed E-state index contributed by atoms with van der Waals surface area (Å²) in [6, 6.07) is 45.9. The molecule has 0 atom stereocenters. The average Bonchev–Trinajstić information content (AvgIpc) is 3.02. The van der Waals surface area contributed by atoms with Crippen molar-refractivity contribution in [1.29, 1.82) is 0 Å². The van der Waals surface area contributed by atoms with Crippen molar-refractivity contribution in [2.45, 2.75) is 0 Å². The smallest absolute Gasteiger partial charge is 0.284 e. The summed E-state index contributed by atoms with van der Waals surface area (Å²) in [5.41, 5.74) is 8.50. The van der Waals surface area contributed by atoms with Crippen LogP contribution in [0.2, 0.25) is 0 Å². The molecule has 2 heterocycles. The van der Waals surface area contributed by atoms with Gasteiger partial charge >= 0.3 is 0 Å². The minimum atomic E-state index is 0.377. The van der Waals surface area contributed by atoms with Gasteiger partial charge in [-0.3, -0.25) is 0 Å². The molecule has 0 unspecified atom stereocenters. The van der Waals surface area contributed by atoms with E-state index in [0.717, 1.165) is 22.2 Å². The Morgan fingerprint density at radius 2 is 0.925 bits per heavy atom. The normalized spacial score (nSPS) is 11.9. The summed E-state index contributed by atoms with van der Waals surface area (Å²) in [5, 5.41) is 2.37. The van der Waals surface area contributed by atoms with E-state index in [2.05, 4.69) is 101 Å². The molecule has 40 heavy (non-hydrogen) atoms. The molecule has 188 valence electrons. The second-order valence-electron chi connectivity index (χ2n) is 9.84. The minimum Gasteiger partial charge on any atom is -0.431 e. The molecule has 0 N–H and O–H groups in total. The number of hydrogen-bond donors (Lipinski definition) is 0. The molecule has 0 radical (unpaired) electrons. The lowest BCUT2D eigenvalue weighted by atomic mass is 9.91. The predicted octanol–water partition coefficient (Wildman–Crippen LogP) is 9.68. The van der Waals surface area contributed by atoms with Crippen molar-refractivity contribution in [2.24, 2.45) is 0 Å². The Hall–Kier alpha value is -5.48. The van der Waals surface area contributed by atoms with E-state index >= 15 is 0 Å². The fraction of sp³-hybridized carbons (Fsp3) is 0. The quantitative estimate of drug-likeness (QED) is 0.235. The van der Waals surface area contributed by atoms with Crippen LogP contribution < -0.4 is 9.47 Å². The Balaban J connectivity index is 1.20. The third-order valence-corrected chi connectivity index (χ3v) is 7.38. The van der Waals surface area contributed by atoms with Gasteiger partial charge in [0.05, 0.1) is 11.0 Å². The van der Waals surface area contributed by atoms with Gasteiger partial charge in [-0.1, -0.05) is 103 Å². The molecule has 8 rings (SSSR count). The van der Waals surface area contributed by atoms with E-state index in [1.54, 1.807) is 0 Å². The van der Waals surface area contributed by atoms with E-state index in [4.69, 9.17) is 9.47 Å². The van der Waals surface area contributed by atoms with Gasteiger partial charge in [-0.15, -0.1) is 0 Å². The standard InChI is InChI=1S/C36H22N2O2/c1-2-9-23(10-3-1)24-11-8-12-25(21-24)27-18-19-28(30-14-5-4-13-29(27)30)26-17-20-33-34(22-26)40-36-35(39-33)37-31-15-6-7-16-32(31)38-36/h1-22H. The maximum atomic E-state index is 6.21. The highest BCUT2D eigenvalue weighted by molar-refractivity contribution is 6.05. The van der Waals surface area contributed by atoms with Crippen molar-refractivity contribution in [3.63, 3.8) is 0 Å². The SMILES string of the molecule is c1ccc(-c2cccc(-c3ccc(-c4ccc5c(c4)Oc4nc6ccccc6nc4O5)c4ccccc34)c2)cc1. The lowest BCUT2D eigenvalue weighted by molar-refractivity contribution is 0.339. The molecule has 0 fully saturated rings. The summed E-state index contributed by atoms with van der Waals surface area (Å²) >= 11 is 0. The first-order chi connectivity index (χ1) is 19.8. The molecule has 0 spiro atoms. The number of hydrogen-bond acceptors (Lipinski definition) is 4. The molecule has 0 saturated heterocycles. The predicted molar refractivity (Wildman–Crippen MR) is 160 cm³/mol. The fourth-order valence-electron chi connectivity index (χ4n) is 5.45. The van der Waals surface area contributed by atoms with Crippen LogP contribution in [-0.4, -0.2) is 9.97 Å². The maximum Gasteiger partial charge on any atom is 0.284 e. The van der Waals surface area contributed by atoms with Gasteiger partial charge in [0.25, 0.3) is 11.8 Å². The number of para-hydroxylation sites is 2. The molecular formula is C36H22N2O2. The van der Waals surface area contributed by atoms with Crippen LogP contribution in [0.3, 0.4) is 0 Å². The third kappa shape index (κ3) is 3.77. The van der Waals surface area contributed by atoms with Gasteiger partial charge in [-0.2, -0.15) is 0 Å². The number of benzene rings is 6. The molecule has 0 amide bonds. The molecule has 4 nitrogen and oxygen atoms in total. The lowest BCUT2D eigenvalue weighted by Gasteiger charge is -2.20. The van der Waals surface area contributed by atoms with E-state index in [1.165, 1.54) is 33.0 Å². The summed E-state index contributed by atoms with van der Waals surface area (Å²) in [5.74, 6) is 2.01. The summed E-state index contributed by atoms with van der Waals surface area (Å²) in [6.07, 6.45) is 0. The zero-order valence-electron chi connectivity index (χ0n) is 21.4. The van der Waals surface area contributed by atoms with Crippen LogP contribution in [0.5, 0.6) is 23.3 Å². The maximum absolute atomic E-state index is 6.21. The van der Waals surface area contributed by atoms with Crippen molar-refractivity contribution < 1.29 is 9.47 Å². The first-order valence-corrected chi connectivity index (χ1v) is 13.2. The van der Waals surface area contributed by atoms with Crippen molar-refractivity contribution in [3.05, 3.63) is 133 Å². The van der Waals surface area contributed by atoms with Gasteiger partial charge in [-0.05, 0) is 74.5 Å². The number of aromatic nitrogens is 2. The van der Waals surface area contributed by atoms with E-state index in [-0.39, 0.29) is 0 Å². The Bertz CT molecular complexity index is 2070. The zero-order valence-corrected chi connectivity index (χ0v) is 21.4. The van der Waals surface area contributed by atoms with Crippen molar-refractivity contribution >= 4 is 21.8 Å². The Morgan fingerprint density at radius 3 is 1.62 bits per heavy atom. The van der Waals surface area contributed by atoms with Crippen molar-refractivity contribution in [2.75, 3.05) is 0 Å². The largest absolute Gasteiger partial charge is 0.431 e. The van der Waals surface area contributed by atoms with Gasteiger partial charge < -0.3 is 9.47 Å². The van der Waals surface area contributed by atoms with E-state index in [1.807, 2.05) is 42.5 Å². The molecule has 1 aliphatic heterocycles. The molecule has 1 aromatic heterocycles. The number of nitrogens with zero attached hydrogens (tertiary/aromatic N) is 2. The summed E-state index contributed by atoms with van der Waals surface area (Å²) in [4.78, 5) is 9.22. The molecule has 7 aromatic rings. The van der Waals surface area contributed by atoms with Gasteiger partial charge in [0.2, 0.25) is 0 Å². The topological polar surface area (TPSA) is 44.2 Å². The molecule has 4 heteroatoms. The van der Waals surface area contributed by atoms with Crippen LogP contribution >= 0.6 is 0 Å². The van der Waals surface area contributed by atoms with Gasteiger partial charge in [0, 0.05) is 0 Å². The Kier molecular flexibility index (Phi) is 5.10. The monoisotopic (exact) mass is 514 g/mol. The highest BCUT2D eigenvalue weighted by Crippen LogP contribution is 2.46. The Labute approximate surface area is 231 Å². The molecule has 0 saturated carbocycles. The van der Waals surface area contributed by atoms with Gasteiger partial charge in [-0.25, -0.2) is 9.97 Å². The first-order valence-electron chi connectivity index (χ1n) is 13.2. The van der Waals surface area contributed by atoms with Crippen molar-refractivity contribution in [3.8, 4) is 56.6 Å². The van der Waals surface area contributed by atoms with Gasteiger partial charge in [0.15, 0.2) is 11.5 Å². The first kappa shape index (κ1) is 22.5. The van der Waals surface area contributed by atoms with Crippen LogP contribution in [0.25, 0.3) is 55.2 Å². The van der Waals surface area contributed by atoms with Crippen molar-refractivity contribution in [1.82, 2.24) is 9.97 Å². The molecule has 6 aromatic carbocycles. The molecule has 0 bridgehead atoms. The molecular weight excluding hydrogens is 492 g/mol. The van der Waals surface area contributed by atoms with Crippen LogP contribution in [0.15, 0.2) is 133 Å². The number of fused-ring (bicyclic) bond motifs is 4. The van der Waals surface area contributed by atoms with Gasteiger partial charge in [0.1, 0.15) is 0 Å². The summed E-state index contributed by atoms with van der Waals surface area (Å²) < 4.78 is 12.3. The summed E-state index contributed by atoms with van der Waals surface area (Å²) in [7, 11) is 0. The van der Waals surface area contributed by atoms with E-state index in [0.29, 0.717) is 23.3 Å². The lowest BCUT2D eigenvalue weighted by Crippen LogP contribution is -2.03. The second-order valence-corrected chi connectivity index (χ2v) is 9.84. The molecule has 1 aliphatic rings. The third-order valence-electron chi connectivity index (χ3n) is 7.38. The minimum absolute atomic E-state index is 0.377. The van der Waals surface area contributed by atoms with E-state index < -0.39 is 0 Å². The second kappa shape index (κ2) is 9.07. The average molecular weight is 515 g/mol. The highest BCUT2D eigenvalue weighted by Gasteiger charge is 2.23. The summed E-state index contributed by atoms with van der Waals surface area (Å²) in [6.45, 7) is 0. The van der Waals surface area contributed by atoms with Crippen LogP contribution in [-0.2, 0) is 0 Å². The fourth-order valence-corrected chi connectivity index (χ4v) is 5.45.